The number of H-pyrrole nitrogens is 1. The van der Waals surface area contributed by atoms with Gasteiger partial charge in [0.05, 0.1) is 31.6 Å². The van der Waals surface area contributed by atoms with Crippen LogP contribution in [-0.2, 0) is 58.0 Å². The molecule has 2 aliphatic heterocycles. The molecule has 1 saturated heterocycles. The highest BCUT2D eigenvalue weighted by Crippen LogP contribution is 2.48. The van der Waals surface area contributed by atoms with Crippen LogP contribution < -0.4 is 22.7 Å². The van der Waals surface area contributed by atoms with Gasteiger partial charge in [0.2, 0.25) is 12.4 Å². The average Bonchev–Trinajstić information content (AvgIpc) is 4.16. The van der Waals surface area contributed by atoms with Crippen LogP contribution in [0.3, 0.4) is 0 Å². The number of hydrogen-bond acceptors (Lipinski definition) is 21. The standard InChI is InChI=1S/C51H53ClN6O20S/c1-25(59)35-16-31-17-38(55-37(31)20-40(35)64)50(66)58-23-32(22-52)45-36-19-33(69-7)9-10-34(36)42(21-39(45)58)77-79(67,68)78-43-18-30(49(65)57(6)13-15-70-14-12-54-56-53)8-11-41(43)75-51-48(74-29(5)63)47(73-28(4)62)46(72-27(3)61)44(76-51)24-71-26(2)60/h8-11,16-21,32,44,46-48,51,55,64H,12-15,22-24H2,1-7H3/t32-,44-,46+,47+,48-,51-/m1/s1. The Morgan fingerprint density at radius 3 is 2.20 bits per heavy atom. The topological polar surface area (TPSA) is 337 Å². The lowest BCUT2D eigenvalue weighted by Crippen LogP contribution is -2.63. The number of aromatic hydroxyl groups is 1. The summed E-state index contributed by atoms with van der Waals surface area (Å²) in [5, 5.41) is 14.9. The second-order valence-electron chi connectivity index (χ2n) is 17.9. The van der Waals surface area contributed by atoms with Gasteiger partial charge in [-0.05, 0) is 71.9 Å². The molecule has 0 spiro atoms. The van der Waals surface area contributed by atoms with Crippen molar-refractivity contribution in [2.24, 2.45) is 5.11 Å². The Hall–Kier alpha value is -8.36. The van der Waals surface area contributed by atoms with Gasteiger partial charge in [-0.1, -0.05) is 5.11 Å². The maximum atomic E-state index is 14.6. The van der Waals surface area contributed by atoms with Crippen LogP contribution in [0.25, 0.3) is 32.1 Å². The van der Waals surface area contributed by atoms with Crippen LogP contribution in [0.4, 0.5) is 5.69 Å². The number of nitrogens with one attached hydrogen (secondary N) is 1. The Labute approximate surface area is 455 Å². The van der Waals surface area contributed by atoms with Crippen molar-refractivity contribution in [3.8, 4) is 28.7 Å². The largest absolute Gasteiger partial charge is 0.507 e. The van der Waals surface area contributed by atoms with Gasteiger partial charge in [-0.15, -0.1) is 20.0 Å². The normalized spacial score (nSPS) is 18.6. The molecule has 6 atom stereocenters. The molecule has 28 heteroatoms. The van der Waals surface area contributed by atoms with E-state index < -0.39 is 107 Å². The molecule has 79 heavy (non-hydrogen) atoms. The summed E-state index contributed by atoms with van der Waals surface area (Å²) in [6.45, 7) is 4.87. The molecule has 0 bridgehead atoms. The van der Waals surface area contributed by atoms with Crippen molar-refractivity contribution >= 4 is 90.8 Å². The number of fused-ring (bicyclic) bond motifs is 4. The van der Waals surface area contributed by atoms with Crippen LogP contribution in [0, 0.1) is 0 Å². The summed E-state index contributed by atoms with van der Waals surface area (Å²) in [5.74, 6) is -7.42. The van der Waals surface area contributed by atoms with Crippen LogP contribution in [0.15, 0.2) is 65.8 Å². The van der Waals surface area contributed by atoms with Gasteiger partial charge in [0.15, 0.2) is 35.2 Å². The zero-order valence-corrected chi connectivity index (χ0v) is 45.0. The lowest BCUT2D eigenvalue weighted by atomic mass is 9.95. The van der Waals surface area contributed by atoms with Crippen LogP contribution in [-0.4, -0.2) is 155 Å². The number of Topliss-reactive ketones (excluding diaryl/α,β-unsaturated/α-hetero) is 1. The zero-order valence-electron chi connectivity index (χ0n) is 43.4. The number of ether oxygens (including phenoxy) is 8. The monoisotopic (exact) mass is 1140 g/mol. The van der Waals surface area contributed by atoms with Crippen molar-refractivity contribution in [2.75, 3.05) is 64.4 Å². The third-order valence-corrected chi connectivity index (χ3v) is 13.4. The number of rotatable bonds is 22. The van der Waals surface area contributed by atoms with Crippen LogP contribution in [0.1, 0.15) is 77.3 Å². The molecule has 3 heterocycles. The summed E-state index contributed by atoms with van der Waals surface area (Å²) in [6.07, 6.45) is -8.48. The molecule has 2 aliphatic rings. The molecule has 4 aromatic carbocycles. The summed E-state index contributed by atoms with van der Waals surface area (Å²) < 4.78 is 85.6. The van der Waals surface area contributed by atoms with Gasteiger partial charge in [-0.2, -0.15) is 0 Å². The number of phenolic OH excluding ortho intramolecular Hbond substituents is 1. The smallest absolute Gasteiger partial charge is 0.501 e. The minimum atomic E-state index is -5.40. The molecule has 2 amide bonds. The van der Waals surface area contributed by atoms with Crippen LogP contribution in [0.2, 0.25) is 0 Å². The van der Waals surface area contributed by atoms with E-state index in [1.165, 1.54) is 73.3 Å². The van der Waals surface area contributed by atoms with Crippen molar-refractivity contribution in [1.29, 1.82) is 0 Å². The number of azide groups is 1. The van der Waals surface area contributed by atoms with Crippen LogP contribution >= 0.6 is 11.6 Å². The number of anilines is 1. The van der Waals surface area contributed by atoms with E-state index in [1.807, 2.05) is 0 Å². The Bertz CT molecular complexity index is 3380. The highest BCUT2D eigenvalue weighted by Gasteiger charge is 2.54. The van der Waals surface area contributed by atoms with E-state index in [1.54, 1.807) is 6.07 Å². The minimum absolute atomic E-state index is 0.000640. The number of phenols is 1. The number of hydrogen-bond donors (Lipinski definition) is 2. The van der Waals surface area contributed by atoms with Gasteiger partial charge in [0.25, 0.3) is 11.8 Å². The van der Waals surface area contributed by atoms with Crippen molar-refractivity contribution < 1.29 is 93.3 Å². The molecule has 420 valence electrons. The summed E-state index contributed by atoms with van der Waals surface area (Å²) in [4.78, 5) is 98.5. The third-order valence-electron chi connectivity index (χ3n) is 12.3. The number of aromatic amines is 1. The number of nitrogens with zero attached hydrogens (tertiary/aromatic N) is 5. The second-order valence-corrected chi connectivity index (χ2v) is 19.4. The fourth-order valence-electron chi connectivity index (χ4n) is 8.89. The van der Waals surface area contributed by atoms with E-state index in [4.69, 9.17) is 63.4 Å². The first-order valence-electron chi connectivity index (χ1n) is 24.0. The number of likely N-dealkylation sites (N-methyl/N-ethyl adjacent to an activating group) is 1. The molecule has 0 unspecified atom stereocenters. The van der Waals surface area contributed by atoms with E-state index >= 15 is 0 Å². The van der Waals surface area contributed by atoms with Crippen molar-refractivity contribution in [2.45, 2.75) is 71.2 Å². The maximum absolute atomic E-state index is 14.6. The molecule has 2 N–H and O–H groups in total. The Morgan fingerprint density at radius 1 is 0.848 bits per heavy atom. The third kappa shape index (κ3) is 13.7. The maximum Gasteiger partial charge on any atom is 0.501 e. The Balaban J connectivity index is 1.30. The van der Waals surface area contributed by atoms with Crippen molar-refractivity contribution in [3.05, 3.63) is 93.5 Å². The van der Waals surface area contributed by atoms with E-state index in [2.05, 4.69) is 15.0 Å². The second kappa shape index (κ2) is 25.0. The molecule has 26 nitrogen and oxygen atoms in total. The fraction of sp³-hybridized carbons (Fsp3) is 0.392. The molecule has 0 aliphatic carbocycles. The van der Waals surface area contributed by atoms with Gasteiger partial charge in [0, 0.05) is 105 Å². The lowest BCUT2D eigenvalue weighted by Gasteiger charge is -2.43. The number of alkyl halides is 1. The number of carbonyl (C=O) groups excluding carboxylic acids is 7. The molecule has 0 radical (unpaired) electrons. The zero-order chi connectivity index (χ0) is 57.5. The number of aromatic nitrogens is 1. The molecule has 1 aromatic heterocycles. The summed E-state index contributed by atoms with van der Waals surface area (Å²) >= 11 is 6.57. The quantitative estimate of drug-likeness (QED) is 0.0121. The van der Waals surface area contributed by atoms with Gasteiger partial charge in [-0.3, -0.25) is 33.6 Å². The van der Waals surface area contributed by atoms with Crippen molar-refractivity contribution in [1.82, 2.24) is 9.88 Å². The minimum Gasteiger partial charge on any atom is -0.507 e. The summed E-state index contributed by atoms with van der Waals surface area (Å²) in [7, 11) is -2.56. The SMILES string of the molecule is COc1ccc2c(OS(=O)(=O)Oc3cc(C(=O)N(C)CCOCCN=[N+]=[N-])ccc3O[C@@H]3O[C@H](COC(C)=O)[C@H](OC(C)=O)[C@H](OC(C)=O)[C@H]3OC(C)=O)cc3c(c2c1)[C@H](CCl)CN3C(=O)c1cc2cc(C(C)=O)c(O)cc2[nH]1. The van der Waals surface area contributed by atoms with Gasteiger partial charge in [0.1, 0.15) is 29.9 Å². The first kappa shape index (κ1) is 58.3. The molecular formula is C51H53ClN6O20S. The van der Waals surface area contributed by atoms with E-state index in [0.717, 1.165) is 39.8 Å². The molecular weight excluding hydrogens is 1080 g/mol. The highest BCUT2D eigenvalue weighted by atomic mass is 35.5. The van der Waals surface area contributed by atoms with E-state index in [-0.39, 0.29) is 78.1 Å². The van der Waals surface area contributed by atoms with Gasteiger partial charge >= 0.3 is 34.3 Å². The predicted molar refractivity (Wildman–Crippen MR) is 277 cm³/mol. The highest BCUT2D eigenvalue weighted by molar-refractivity contribution is 7.82. The average molecular weight is 1140 g/mol. The van der Waals surface area contributed by atoms with E-state index in [9.17, 15) is 47.1 Å². The number of methoxy groups -OCH3 is 1. The van der Waals surface area contributed by atoms with Gasteiger partial charge in [-0.25, -0.2) is 0 Å². The lowest BCUT2D eigenvalue weighted by molar-refractivity contribution is -0.288. The first-order chi connectivity index (χ1) is 37.5. The molecule has 0 saturated carbocycles. The Kier molecular flexibility index (Phi) is 18.4. The number of carbonyl (C=O) groups is 7. The summed E-state index contributed by atoms with van der Waals surface area (Å²) in [5.41, 5.74) is 9.52. The first-order valence-corrected chi connectivity index (χ1v) is 25.9. The van der Waals surface area contributed by atoms with Crippen molar-refractivity contribution in [3.63, 3.8) is 0 Å². The summed E-state index contributed by atoms with van der Waals surface area (Å²) in [6, 6.07) is 13.5. The predicted octanol–water partition coefficient (Wildman–Crippen LogP) is 5.78. The molecule has 5 aromatic rings. The molecule has 7 rings (SSSR count). The molecule has 1 fully saturated rings. The van der Waals surface area contributed by atoms with E-state index in [0.29, 0.717) is 27.6 Å². The number of halogens is 1. The fourth-order valence-corrected chi connectivity index (χ4v) is 9.89. The van der Waals surface area contributed by atoms with Gasteiger partial charge < -0.3 is 66.2 Å². The van der Waals surface area contributed by atoms with Crippen LogP contribution in [0.5, 0.6) is 28.7 Å². The number of esters is 4. The Morgan fingerprint density at radius 2 is 1.54 bits per heavy atom. The number of amides is 2. The number of ketones is 1. The number of benzene rings is 4.